The zero-order valence-corrected chi connectivity index (χ0v) is 24.3. The second-order valence-corrected chi connectivity index (χ2v) is 17.1. The van der Waals surface area contributed by atoms with Crippen molar-refractivity contribution in [2.75, 3.05) is 6.61 Å². The van der Waals surface area contributed by atoms with Crippen LogP contribution < -0.4 is 10.4 Å². The summed E-state index contributed by atoms with van der Waals surface area (Å²) >= 11 is 0. The molecule has 0 N–H and O–H groups in total. The predicted octanol–water partition coefficient (Wildman–Crippen LogP) is 5.91. The molecule has 1 aliphatic heterocycles. The molecule has 0 bridgehead atoms. The van der Waals surface area contributed by atoms with Crippen molar-refractivity contribution < 1.29 is 18.8 Å². The number of amides is 2. The summed E-state index contributed by atoms with van der Waals surface area (Å²) in [6.45, 7) is 12.6. The van der Waals surface area contributed by atoms with Crippen LogP contribution in [0.5, 0.6) is 0 Å². The minimum absolute atomic E-state index is 0.0866. The van der Waals surface area contributed by atoms with Crippen LogP contribution in [0.15, 0.2) is 60.7 Å². The first-order chi connectivity index (χ1) is 17.4. The fourth-order valence-electron chi connectivity index (χ4n) is 5.98. The highest BCUT2D eigenvalue weighted by Crippen LogP contribution is 2.41. The van der Waals surface area contributed by atoms with Crippen LogP contribution in [0.2, 0.25) is 5.04 Å². The maximum Gasteiger partial charge on any atom is 0.417 e. The lowest BCUT2D eigenvalue weighted by molar-refractivity contribution is -0.128. The van der Waals surface area contributed by atoms with Crippen LogP contribution in [-0.4, -0.2) is 43.5 Å². The molecule has 1 saturated heterocycles. The fourth-order valence-corrected chi connectivity index (χ4v) is 10.6. The lowest BCUT2D eigenvalue weighted by atomic mass is 9.77. The number of ether oxygens (including phenoxy) is 1. The normalized spacial score (nSPS) is 21.1. The van der Waals surface area contributed by atoms with E-state index in [1.54, 1.807) is 0 Å². The highest BCUT2D eigenvalue weighted by molar-refractivity contribution is 6.99. The van der Waals surface area contributed by atoms with Gasteiger partial charge in [-0.2, -0.15) is 0 Å². The number of hydrogen-bond acceptors (Lipinski definition) is 4. The number of nitrogens with zero attached hydrogens (tertiary/aromatic N) is 1. The summed E-state index contributed by atoms with van der Waals surface area (Å²) < 4.78 is 12.9. The van der Waals surface area contributed by atoms with E-state index in [0.29, 0.717) is 18.9 Å². The maximum absolute atomic E-state index is 13.3. The van der Waals surface area contributed by atoms with Gasteiger partial charge in [-0.3, -0.25) is 4.79 Å². The van der Waals surface area contributed by atoms with Crippen molar-refractivity contribution in [2.24, 2.45) is 11.8 Å². The summed E-state index contributed by atoms with van der Waals surface area (Å²) in [7, 11) is -2.80. The molecular formula is C31H43NO4Si. The van der Waals surface area contributed by atoms with E-state index in [9.17, 15) is 9.59 Å². The molecule has 0 radical (unpaired) electrons. The Morgan fingerprint density at radius 2 is 1.46 bits per heavy atom. The average molecular weight is 522 g/mol. The van der Waals surface area contributed by atoms with Crippen molar-refractivity contribution in [3.05, 3.63) is 60.7 Å². The van der Waals surface area contributed by atoms with E-state index in [0.717, 1.165) is 6.42 Å². The van der Waals surface area contributed by atoms with Gasteiger partial charge in [0, 0.05) is 6.42 Å². The van der Waals surface area contributed by atoms with E-state index >= 15 is 0 Å². The number of carbonyl (C=O) groups is 2. The van der Waals surface area contributed by atoms with E-state index in [-0.39, 0.29) is 22.9 Å². The first-order valence-corrected chi connectivity index (χ1v) is 15.6. The van der Waals surface area contributed by atoms with Crippen LogP contribution in [0.4, 0.5) is 4.79 Å². The third kappa shape index (κ3) is 5.85. The van der Waals surface area contributed by atoms with Crippen molar-refractivity contribution >= 4 is 30.7 Å². The monoisotopic (exact) mass is 521 g/mol. The van der Waals surface area contributed by atoms with Crippen molar-refractivity contribution in [3.63, 3.8) is 0 Å². The second-order valence-electron chi connectivity index (χ2n) is 12.8. The molecule has 2 fully saturated rings. The van der Waals surface area contributed by atoms with Crippen LogP contribution in [0.25, 0.3) is 0 Å². The van der Waals surface area contributed by atoms with Gasteiger partial charge in [-0.05, 0) is 54.4 Å². The largest absolute Gasteiger partial charge is 0.443 e. The topological polar surface area (TPSA) is 55.8 Å². The molecule has 2 aliphatic rings. The Labute approximate surface area is 223 Å². The lowest BCUT2D eigenvalue weighted by Crippen LogP contribution is -2.67. The Morgan fingerprint density at radius 1 is 0.919 bits per heavy atom. The molecule has 1 saturated carbocycles. The van der Waals surface area contributed by atoms with Gasteiger partial charge in [0.1, 0.15) is 5.60 Å². The van der Waals surface area contributed by atoms with Gasteiger partial charge in [-0.15, -0.1) is 0 Å². The third-order valence-corrected chi connectivity index (χ3v) is 12.9. The molecule has 5 nitrogen and oxygen atoms in total. The minimum atomic E-state index is -2.80. The predicted molar refractivity (Wildman–Crippen MR) is 151 cm³/mol. The van der Waals surface area contributed by atoms with Gasteiger partial charge in [-0.1, -0.05) is 101 Å². The molecule has 0 spiro atoms. The summed E-state index contributed by atoms with van der Waals surface area (Å²) in [5.41, 5.74) is -0.674. The molecular weight excluding hydrogens is 478 g/mol. The Kier molecular flexibility index (Phi) is 8.01. The Bertz CT molecular complexity index is 1030. The van der Waals surface area contributed by atoms with Crippen LogP contribution in [0, 0.1) is 11.8 Å². The van der Waals surface area contributed by atoms with Gasteiger partial charge >= 0.3 is 6.09 Å². The highest BCUT2D eigenvalue weighted by atomic mass is 28.4. The first-order valence-electron chi connectivity index (χ1n) is 13.7. The average Bonchev–Trinajstić information content (AvgIpc) is 3.11. The SMILES string of the molecule is CC(C)(C)OC(=O)N1C(=O)C[C@@H](CC2CCC2)[C@@H]1CO[Si](c1ccccc1)(c1ccccc1)C(C)(C)C. The van der Waals surface area contributed by atoms with E-state index in [1.165, 1.54) is 34.5 Å². The Morgan fingerprint density at radius 3 is 1.89 bits per heavy atom. The van der Waals surface area contributed by atoms with Crippen LogP contribution >= 0.6 is 0 Å². The minimum Gasteiger partial charge on any atom is -0.443 e. The molecule has 4 rings (SSSR count). The zero-order valence-electron chi connectivity index (χ0n) is 23.3. The van der Waals surface area contributed by atoms with Crippen LogP contribution in [0.3, 0.4) is 0 Å². The maximum atomic E-state index is 13.3. The third-order valence-electron chi connectivity index (χ3n) is 7.92. The van der Waals surface area contributed by atoms with Crippen LogP contribution in [-0.2, 0) is 14.0 Å². The van der Waals surface area contributed by atoms with Crippen molar-refractivity contribution in [1.29, 1.82) is 0 Å². The van der Waals surface area contributed by atoms with Crippen molar-refractivity contribution in [3.8, 4) is 0 Å². The number of carbonyl (C=O) groups excluding carboxylic acids is 2. The Hall–Kier alpha value is -2.44. The standard InChI is InChI=1S/C31H43NO4Si/c1-30(2,3)36-29(34)32-27(24(21-28(32)33)20-23-14-13-15-23)22-35-37(31(4,5)6,25-16-9-7-10-17-25)26-18-11-8-12-19-26/h7-12,16-19,23-24,27H,13-15,20-22H2,1-6H3/t24-,27+/m1/s1. The van der Waals surface area contributed by atoms with Gasteiger partial charge in [0.25, 0.3) is 8.32 Å². The van der Waals surface area contributed by atoms with Gasteiger partial charge in [0.15, 0.2) is 0 Å². The summed E-state index contributed by atoms with van der Waals surface area (Å²) in [6, 6.07) is 20.7. The smallest absolute Gasteiger partial charge is 0.417 e. The molecule has 0 aromatic heterocycles. The highest BCUT2D eigenvalue weighted by Gasteiger charge is 2.53. The van der Waals surface area contributed by atoms with Gasteiger partial charge < -0.3 is 9.16 Å². The molecule has 6 heteroatoms. The molecule has 1 heterocycles. The number of rotatable bonds is 7. The molecule has 2 amide bonds. The Balaban J connectivity index is 1.72. The molecule has 0 unspecified atom stereocenters. The molecule has 1 aliphatic carbocycles. The van der Waals surface area contributed by atoms with E-state index in [2.05, 4.69) is 69.3 Å². The van der Waals surface area contributed by atoms with E-state index < -0.39 is 20.0 Å². The number of likely N-dealkylation sites (tertiary alicyclic amines) is 1. The molecule has 37 heavy (non-hydrogen) atoms. The van der Waals surface area contributed by atoms with Crippen molar-refractivity contribution in [1.82, 2.24) is 4.90 Å². The van der Waals surface area contributed by atoms with Gasteiger partial charge in [-0.25, -0.2) is 9.69 Å². The first kappa shape index (κ1) is 27.6. The van der Waals surface area contributed by atoms with E-state index in [1.807, 2.05) is 32.9 Å². The number of imide groups is 1. The summed E-state index contributed by atoms with van der Waals surface area (Å²) in [5, 5.41) is 2.20. The van der Waals surface area contributed by atoms with E-state index in [4.69, 9.17) is 9.16 Å². The van der Waals surface area contributed by atoms with Gasteiger partial charge in [0.05, 0.1) is 12.6 Å². The van der Waals surface area contributed by atoms with Crippen molar-refractivity contribution in [2.45, 2.75) is 90.3 Å². The second kappa shape index (κ2) is 10.7. The fraction of sp³-hybridized carbons (Fsp3) is 0.548. The quantitative estimate of drug-likeness (QED) is 0.425. The molecule has 2 aromatic rings. The zero-order chi connectivity index (χ0) is 26.8. The van der Waals surface area contributed by atoms with Gasteiger partial charge in [0.2, 0.25) is 5.91 Å². The van der Waals surface area contributed by atoms with Crippen LogP contribution in [0.1, 0.15) is 73.6 Å². The summed E-state index contributed by atoms with van der Waals surface area (Å²) in [4.78, 5) is 27.9. The molecule has 200 valence electrons. The summed E-state index contributed by atoms with van der Waals surface area (Å²) in [5.74, 6) is 0.574. The number of hydrogen-bond donors (Lipinski definition) is 0. The molecule has 2 atom stereocenters. The number of benzene rings is 2. The molecule has 2 aromatic carbocycles. The lowest BCUT2D eigenvalue weighted by Gasteiger charge is -2.44. The summed E-state index contributed by atoms with van der Waals surface area (Å²) in [6.07, 6.45) is 4.46.